The molecule has 0 radical (unpaired) electrons. The number of benzene rings is 2. The molecule has 152 valence electrons. The molecular formula is C21H27ClIN3O2. The molecule has 0 aliphatic heterocycles. The molecule has 3 rings (SSSR count). The lowest BCUT2D eigenvalue weighted by molar-refractivity contribution is 0.354. The van der Waals surface area contributed by atoms with Crippen molar-refractivity contribution in [2.75, 3.05) is 27.8 Å². The highest BCUT2D eigenvalue weighted by Gasteiger charge is 2.44. The topological polar surface area (TPSA) is 54.9 Å². The fourth-order valence-corrected chi connectivity index (χ4v) is 3.38. The van der Waals surface area contributed by atoms with Gasteiger partial charge in [-0.15, -0.1) is 24.0 Å². The summed E-state index contributed by atoms with van der Waals surface area (Å²) in [5.74, 6) is 2.22. The van der Waals surface area contributed by atoms with Gasteiger partial charge in [0.1, 0.15) is 0 Å². The molecule has 0 saturated heterocycles. The SMILES string of the molecule is CN=C(NCc1ccc(OC)c(OC)c1)NCC1(c2cccc(Cl)c2)CC1.I. The summed E-state index contributed by atoms with van der Waals surface area (Å²) in [5.41, 5.74) is 2.54. The minimum absolute atomic E-state index is 0. The molecule has 1 fully saturated rings. The maximum atomic E-state index is 6.16. The number of methoxy groups -OCH3 is 2. The molecule has 0 heterocycles. The van der Waals surface area contributed by atoms with Crippen LogP contribution in [0.15, 0.2) is 47.5 Å². The molecule has 0 spiro atoms. The molecule has 0 unspecified atom stereocenters. The molecule has 2 aromatic carbocycles. The molecule has 5 nitrogen and oxygen atoms in total. The number of ether oxygens (including phenoxy) is 2. The van der Waals surface area contributed by atoms with E-state index in [0.717, 1.165) is 47.4 Å². The maximum absolute atomic E-state index is 6.16. The van der Waals surface area contributed by atoms with Gasteiger partial charge < -0.3 is 20.1 Å². The fraction of sp³-hybridized carbons (Fsp3) is 0.381. The van der Waals surface area contributed by atoms with E-state index >= 15 is 0 Å². The van der Waals surface area contributed by atoms with E-state index in [0.29, 0.717) is 6.54 Å². The van der Waals surface area contributed by atoms with Crippen LogP contribution in [0, 0.1) is 0 Å². The average molecular weight is 516 g/mol. The number of hydrogen-bond donors (Lipinski definition) is 2. The zero-order chi connectivity index (χ0) is 19.3. The summed E-state index contributed by atoms with van der Waals surface area (Å²) >= 11 is 6.16. The van der Waals surface area contributed by atoms with Crippen LogP contribution in [0.3, 0.4) is 0 Å². The van der Waals surface area contributed by atoms with Crippen LogP contribution in [0.4, 0.5) is 0 Å². The molecular weight excluding hydrogens is 489 g/mol. The standard InChI is InChI=1S/C21H26ClN3O2.HI/c1-23-20(24-13-15-7-8-18(26-2)19(11-15)27-3)25-14-21(9-10-21)16-5-4-6-17(22)12-16;/h4-8,11-12H,9-10,13-14H2,1-3H3,(H2,23,24,25);1H. The van der Waals surface area contributed by atoms with Crippen LogP contribution in [0.1, 0.15) is 24.0 Å². The van der Waals surface area contributed by atoms with E-state index in [2.05, 4.69) is 27.8 Å². The van der Waals surface area contributed by atoms with Gasteiger partial charge in [-0.1, -0.05) is 29.8 Å². The van der Waals surface area contributed by atoms with Crippen LogP contribution in [0.5, 0.6) is 11.5 Å². The highest BCUT2D eigenvalue weighted by atomic mass is 127. The van der Waals surface area contributed by atoms with Crippen LogP contribution in [-0.4, -0.2) is 33.8 Å². The first-order valence-corrected chi connectivity index (χ1v) is 9.39. The van der Waals surface area contributed by atoms with Gasteiger partial charge >= 0.3 is 0 Å². The predicted molar refractivity (Wildman–Crippen MR) is 126 cm³/mol. The van der Waals surface area contributed by atoms with Gasteiger partial charge in [-0.2, -0.15) is 0 Å². The third kappa shape index (κ3) is 5.44. The lowest BCUT2D eigenvalue weighted by Gasteiger charge is -2.19. The summed E-state index contributed by atoms with van der Waals surface area (Å²) < 4.78 is 10.6. The Bertz CT molecular complexity index is 825. The van der Waals surface area contributed by atoms with E-state index in [4.69, 9.17) is 21.1 Å². The molecule has 0 aromatic heterocycles. The fourth-order valence-electron chi connectivity index (χ4n) is 3.19. The first-order chi connectivity index (χ1) is 13.1. The molecule has 1 aliphatic rings. The lowest BCUT2D eigenvalue weighted by Crippen LogP contribution is -2.40. The summed E-state index contributed by atoms with van der Waals surface area (Å²) in [6, 6.07) is 14.0. The molecule has 7 heteroatoms. The Labute approximate surface area is 188 Å². The second kappa shape index (κ2) is 10.2. The van der Waals surface area contributed by atoms with E-state index < -0.39 is 0 Å². The van der Waals surface area contributed by atoms with Gasteiger partial charge in [0.05, 0.1) is 14.2 Å². The number of nitrogens with one attached hydrogen (secondary N) is 2. The Kier molecular flexibility index (Phi) is 8.24. The Hall–Kier alpha value is -1.67. The highest BCUT2D eigenvalue weighted by molar-refractivity contribution is 14.0. The van der Waals surface area contributed by atoms with Crippen LogP contribution in [-0.2, 0) is 12.0 Å². The number of rotatable bonds is 7. The van der Waals surface area contributed by atoms with Gasteiger partial charge in [0.25, 0.3) is 0 Å². The van der Waals surface area contributed by atoms with E-state index in [1.165, 1.54) is 5.56 Å². The van der Waals surface area contributed by atoms with Crippen molar-refractivity contribution in [3.8, 4) is 11.5 Å². The van der Waals surface area contributed by atoms with E-state index in [1.54, 1.807) is 21.3 Å². The third-order valence-electron chi connectivity index (χ3n) is 5.02. The molecule has 0 bridgehead atoms. The third-order valence-corrected chi connectivity index (χ3v) is 5.25. The molecule has 1 aliphatic carbocycles. The summed E-state index contributed by atoms with van der Waals surface area (Å²) in [7, 11) is 5.05. The molecule has 28 heavy (non-hydrogen) atoms. The molecule has 2 N–H and O–H groups in total. The predicted octanol–water partition coefficient (Wildman–Crippen LogP) is 4.37. The Balaban J connectivity index is 0.00000280. The van der Waals surface area contributed by atoms with Crippen molar-refractivity contribution in [1.29, 1.82) is 0 Å². The van der Waals surface area contributed by atoms with Crippen molar-refractivity contribution in [2.45, 2.75) is 24.8 Å². The van der Waals surface area contributed by atoms with Crippen molar-refractivity contribution < 1.29 is 9.47 Å². The largest absolute Gasteiger partial charge is 0.493 e. The molecule has 1 saturated carbocycles. The summed E-state index contributed by atoms with van der Waals surface area (Å²) in [6.45, 7) is 1.48. The van der Waals surface area contributed by atoms with Crippen LogP contribution < -0.4 is 20.1 Å². The molecule has 0 atom stereocenters. The lowest BCUT2D eigenvalue weighted by atomic mass is 9.96. The molecule has 2 aromatic rings. The van der Waals surface area contributed by atoms with Gasteiger partial charge in [-0.25, -0.2) is 0 Å². The van der Waals surface area contributed by atoms with Gasteiger partial charge in [0.2, 0.25) is 0 Å². The first kappa shape index (κ1) is 22.6. The second-order valence-corrected chi connectivity index (χ2v) is 7.20. The van der Waals surface area contributed by atoms with E-state index in [9.17, 15) is 0 Å². The van der Waals surface area contributed by atoms with Gasteiger partial charge in [-0.3, -0.25) is 4.99 Å². The normalized spacial score (nSPS) is 14.6. The smallest absolute Gasteiger partial charge is 0.191 e. The van der Waals surface area contributed by atoms with Crippen molar-refractivity contribution in [1.82, 2.24) is 10.6 Å². The maximum Gasteiger partial charge on any atom is 0.191 e. The minimum Gasteiger partial charge on any atom is -0.493 e. The highest BCUT2D eigenvalue weighted by Crippen LogP contribution is 2.48. The van der Waals surface area contributed by atoms with Crippen LogP contribution in [0.25, 0.3) is 0 Å². The van der Waals surface area contributed by atoms with Gasteiger partial charge in [0.15, 0.2) is 17.5 Å². The minimum atomic E-state index is 0. The van der Waals surface area contributed by atoms with E-state index in [-0.39, 0.29) is 29.4 Å². The van der Waals surface area contributed by atoms with Crippen LogP contribution >= 0.6 is 35.6 Å². The number of hydrogen-bond acceptors (Lipinski definition) is 3. The second-order valence-electron chi connectivity index (χ2n) is 6.76. The molecule has 0 amide bonds. The quantitative estimate of drug-likeness (QED) is 0.327. The summed E-state index contributed by atoms with van der Waals surface area (Å²) in [5, 5.41) is 7.59. The monoisotopic (exact) mass is 515 g/mol. The first-order valence-electron chi connectivity index (χ1n) is 9.02. The Morgan fingerprint density at radius 1 is 1.07 bits per heavy atom. The Morgan fingerprint density at radius 2 is 1.82 bits per heavy atom. The average Bonchev–Trinajstić information content (AvgIpc) is 3.49. The Morgan fingerprint density at radius 3 is 2.43 bits per heavy atom. The van der Waals surface area contributed by atoms with Crippen molar-refractivity contribution in [2.24, 2.45) is 4.99 Å². The van der Waals surface area contributed by atoms with Gasteiger partial charge in [0, 0.05) is 30.6 Å². The van der Waals surface area contributed by atoms with Crippen molar-refractivity contribution in [3.05, 3.63) is 58.6 Å². The van der Waals surface area contributed by atoms with Crippen molar-refractivity contribution in [3.63, 3.8) is 0 Å². The zero-order valence-electron chi connectivity index (χ0n) is 16.4. The summed E-state index contributed by atoms with van der Waals surface area (Å²) in [6.07, 6.45) is 2.32. The van der Waals surface area contributed by atoms with E-state index in [1.807, 2.05) is 30.3 Å². The van der Waals surface area contributed by atoms with Gasteiger partial charge in [-0.05, 0) is 48.2 Å². The number of halogens is 2. The summed E-state index contributed by atoms with van der Waals surface area (Å²) in [4.78, 5) is 4.33. The van der Waals surface area contributed by atoms with Crippen molar-refractivity contribution >= 4 is 41.5 Å². The zero-order valence-corrected chi connectivity index (χ0v) is 19.5. The number of nitrogens with zero attached hydrogens (tertiary/aromatic N) is 1. The van der Waals surface area contributed by atoms with Crippen LogP contribution in [0.2, 0.25) is 5.02 Å². The number of aliphatic imine (C=N–C) groups is 1. The number of guanidine groups is 1.